The standard InChI is InChI=1S/C15H20F10O2/c1-2-3-4-5-6-7-8-11(16)9-26-10-12(17,18)14(22,23)27-15(24,25)13(19,20)21/h2,11H,1,3-10H2. The van der Waals surface area contributed by atoms with Crippen LogP contribution in [0.3, 0.4) is 0 Å². The molecule has 162 valence electrons. The van der Waals surface area contributed by atoms with Gasteiger partial charge in [-0.15, -0.1) is 6.58 Å². The molecule has 0 radical (unpaired) electrons. The SMILES string of the molecule is C=CCCCCCCC(F)COCC(F)(F)C(F)(F)OC(F)(F)C(F)(F)F. The van der Waals surface area contributed by atoms with Crippen molar-refractivity contribution in [1.29, 1.82) is 0 Å². The van der Waals surface area contributed by atoms with Crippen LogP contribution in [-0.2, 0) is 9.47 Å². The molecule has 1 atom stereocenters. The summed E-state index contributed by atoms with van der Waals surface area (Å²) < 4.78 is 132. The number of hydrogen-bond donors (Lipinski definition) is 0. The van der Waals surface area contributed by atoms with Crippen molar-refractivity contribution in [2.24, 2.45) is 0 Å². The Bertz CT molecular complexity index is 437. The molecule has 27 heavy (non-hydrogen) atoms. The lowest BCUT2D eigenvalue weighted by atomic mass is 10.1. The van der Waals surface area contributed by atoms with Crippen LogP contribution in [0.25, 0.3) is 0 Å². The Kier molecular flexibility index (Phi) is 10.1. The first kappa shape index (κ1) is 26.0. The van der Waals surface area contributed by atoms with Crippen LogP contribution in [0.4, 0.5) is 43.9 Å². The van der Waals surface area contributed by atoms with Crippen LogP contribution < -0.4 is 0 Å². The van der Waals surface area contributed by atoms with Gasteiger partial charge in [0.2, 0.25) is 0 Å². The van der Waals surface area contributed by atoms with E-state index in [2.05, 4.69) is 11.3 Å². The van der Waals surface area contributed by atoms with Crippen molar-refractivity contribution in [3.05, 3.63) is 12.7 Å². The predicted octanol–water partition coefficient (Wildman–Crippen LogP) is 6.27. The van der Waals surface area contributed by atoms with Crippen molar-refractivity contribution in [3.63, 3.8) is 0 Å². The van der Waals surface area contributed by atoms with Gasteiger partial charge in [0.1, 0.15) is 12.8 Å². The predicted molar refractivity (Wildman–Crippen MR) is 75.6 cm³/mol. The number of hydrogen-bond acceptors (Lipinski definition) is 2. The molecule has 0 rings (SSSR count). The molecule has 1 unspecified atom stereocenters. The van der Waals surface area contributed by atoms with Crippen LogP contribution >= 0.6 is 0 Å². The molecular formula is C15H20F10O2. The van der Waals surface area contributed by atoms with Crippen LogP contribution in [0.15, 0.2) is 12.7 Å². The maximum absolute atomic E-state index is 13.4. The van der Waals surface area contributed by atoms with E-state index in [1.807, 2.05) is 4.74 Å². The minimum Gasteiger partial charge on any atom is -0.372 e. The van der Waals surface area contributed by atoms with Gasteiger partial charge >= 0.3 is 24.3 Å². The molecule has 0 aliphatic rings. The zero-order chi connectivity index (χ0) is 21.4. The molecule has 0 saturated carbocycles. The first-order chi connectivity index (χ1) is 12.2. The van der Waals surface area contributed by atoms with Crippen molar-refractivity contribution in [3.8, 4) is 0 Å². The van der Waals surface area contributed by atoms with Gasteiger partial charge in [-0.25, -0.2) is 9.13 Å². The molecule has 0 aliphatic heterocycles. The Hall–Kier alpha value is -1.04. The van der Waals surface area contributed by atoms with Crippen molar-refractivity contribution >= 4 is 0 Å². The highest BCUT2D eigenvalue weighted by Gasteiger charge is 2.70. The lowest BCUT2D eigenvalue weighted by molar-refractivity contribution is -0.487. The molecule has 0 heterocycles. The highest BCUT2D eigenvalue weighted by Crippen LogP contribution is 2.45. The number of allylic oxidation sites excluding steroid dienone is 1. The molecule has 0 bridgehead atoms. The van der Waals surface area contributed by atoms with Gasteiger partial charge in [-0.2, -0.15) is 39.5 Å². The maximum atomic E-state index is 13.4. The van der Waals surface area contributed by atoms with E-state index in [4.69, 9.17) is 0 Å². The summed E-state index contributed by atoms with van der Waals surface area (Å²) in [5.41, 5.74) is 0. The average Bonchev–Trinajstić information content (AvgIpc) is 2.48. The van der Waals surface area contributed by atoms with Crippen LogP contribution in [0.5, 0.6) is 0 Å². The van der Waals surface area contributed by atoms with Crippen molar-refractivity contribution in [1.82, 2.24) is 0 Å². The van der Waals surface area contributed by atoms with E-state index in [1.54, 1.807) is 6.08 Å². The molecule has 0 saturated heterocycles. The van der Waals surface area contributed by atoms with Crippen LogP contribution in [0, 0.1) is 0 Å². The number of unbranched alkanes of at least 4 members (excludes halogenated alkanes) is 4. The van der Waals surface area contributed by atoms with Gasteiger partial charge in [0, 0.05) is 0 Å². The summed E-state index contributed by atoms with van der Waals surface area (Å²) in [7, 11) is 0. The topological polar surface area (TPSA) is 18.5 Å². The Morgan fingerprint density at radius 2 is 1.37 bits per heavy atom. The zero-order valence-corrected chi connectivity index (χ0v) is 14.1. The van der Waals surface area contributed by atoms with Gasteiger partial charge in [0.15, 0.2) is 0 Å². The number of ether oxygens (including phenoxy) is 2. The van der Waals surface area contributed by atoms with Gasteiger partial charge in [0.05, 0.1) is 6.61 Å². The largest absolute Gasteiger partial charge is 0.483 e. The van der Waals surface area contributed by atoms with Crippen molar-refractivity contribution < 1.29 is 53.4 Å². The van der Waals surface area contributed by atoms with Gasteiger partial charge in [0.25, 0.3) is 0 Å². The lowest BCUT2D eigenvalue weighted by Gasteiger charge is -2.30. The maximum Gasteiger partial charge on any atom is 0.483 e. The van der Waals surface area contributed by atoms with Gasteiger partial charge in [-0.05, 0) is 19.3 Å². The number of alkyl halides is 10. The van der Waals surface area contributed by atoms with E-state index in [1.165, 1.54) is 0 Å². The van der Waals surface area contributed by atoms with Crippen LogP contribution in [0.1, 0.15) is 38.5 Å². The third-order valence-corrected chi connectivity index (χ3v) is 3.27. The van der Waals surface area contributed by atoms with Crippen molar-refractivity contribution in [2.45, 2.75) is 69.0 Å². The Balaban J connectivity index is 4.35. The summed E-state index contributed by atoms with van der Waals surface area (Å²) in [6.07, 6.45) is -16.1. The second-order valence-corrected chi connectivity index (χ2v) is 5.73. The molecule has 0 aromatic carbocycles. The summed E-state index contributed by atoms with van der Waals surface area (Å²) >= 11 is 0. The first-order valence-electron chi connectivity index (χ1n) is 7.89. The highest BCUT2D eigenvalue weighted by atomic mass is 19.4. The monoisotopic (exact) mass is 422 g/mol. The third-order valence-electron chi connectivity index (χ3n) is 3.27. The molecule has 0 fully saturated rings. The fourth-order valence-corrected chi connectivity index (χ4v) is 1.78. The second-order valence-electron chi connectivity index (χ2n) is 5.73. The number of rotatable bonds is 14. The lowest BCUT2D eigenvalue weighted by Crippen LogP contribution is -2.53. The van der Waals surface area contributed by atoms with Crippen molar-refractivity contribution in [2.75, 3.05) is 13.2 Å². The minimum absolute atomic E-state index is 0.112. The summed E-state index contributed by atoms with van der Waals surface area (Å²) in [5.74, 6) is -5.54. The Labute approximate surface area is 149 Å². The minimum atomic E-state index is -6.62. The fraction of sp³-hybridized carbons (Fsp3) is 0.867. The smallest absolute Gasteiger partial charge is 0.372 e. The van der Waals surface area contributed by atoms with E-state index in [0.717, 1.165) is 19.3 Å². The molecule has 0 aromatic rings. The molecule has 0 amide bonds. The molecular weight excluding hydrogens is 402 g/mol. The number of halogens is 10. The molecule has 0 spiro atoms. The molecule has 0 aromatic heterocycles. The van der Waals surface area contributed by atoms with Crippen LogP contribution in [-0.4, -0.2) is 43.7 Å². The van der Waals surface area contributed by atoms with Crippen LogP contribution in [0.2, 0.25) is 0 Å². The second kappa shape index (κ2) is 10.5. The quantitative estimate of drug-likeness (QED) is 0.187. The molecule has 0 aliphatic carbocycles. The van der Waals surface area contributed by atoms with E-state index in [0.29, 0.717) is 12.8 Å². The van der Waals surface area contributed by atoms with Gasteiger partial charge in [-0.3, -0.25) is 0 Å². The van der Waals surface area contributed by atoms with Gasteiger partial charge < -0.3 is 4.74 Å². The van der Waals surface area contributed by atoms with E-state index in [-0.39, 0.29) is 6.42 Å². The highest BCUT2D eigenvalue weighted by molar-refractivity contribution is 4.80. The molecule has 12 heteroatoms. The molecule has 0 N–H and O–H groups in total. The van der Waals surface area contributed by atoms with E-state index < -0.39 is 43.7 Å². The Morgan fingerprint density at radius 3 is 1.89 bits per heavy atom. The van der Waals surface area contributed by atoms with Gasteiger partial charge in [-0.1, -0.05) is 25.3 Å². The summed E-state index contributed by atoms with van der Waals surface area (Å²) in [6.45, 7) is 0.166. The Morgan fingerprint density at radius 1 is 0.815 bits per heavy atom. The summed E-state index contributed by atoms with van der Waals surface area (Å²) in [6, 6.07) is 0. The van der Waals surface area contributed by atoms with E-state index in [9.17, 15) is 43.9 Å². The van der Waals surface area contributed by atoms with E-state index >= 15 is 0 Å². The first-order valence-corrected chi connectivity index (χ1v) is 7.89. The normalized spacial score (nSPS) is 15.0. The third kappa shape index (κ3) is 9.13. The summed E-state index contributed by atoms with van der Waals surface area (Å²) in [4.78, 5) is 0. The average molecular weight is 422 g/mol. The zero-order valence-electron chi connectivity index (χ0n) is 14.1. The fourth-order valence-electron chi connectivity index (χ4n) is 1.78. The molecule has 2 nitrogen and oxygen atoms in total. The summed E-state index contributed by atoms with van der Waals surface area (Å²) in [5, 5.41) is 0.